The number of nitrogens with zero attached hydrogens (tertiary/aromatic N) is 1. The van der Waals surface area contributed by atoms with E-state index in [4.69, 9.17) is 4.74 Å². The van der Waals surface area contributed by atoms with E-state index in [1.807, 2.05) is 0 Å². The quantitative estimate of drug-likeness (QED) is 0.864. The lowest BCUT2D eigenvalue weighted by Gasteiger charge is -2.11. The first-order chi connectivity index (χ1) is 8.16. The molecule has 2 rings (SSSR count). The summed E-state index contributed by atoms with van der Waals surface area (Å²) in [6.07, 6.45) is 0.867. The van der Waals surface area contributed by atoms with E-state index in [-0.39, 0.29) is 0 Å². The molecule has 1 heterocycles. The smallest absolute Gasteiger partial charge is 0.122 e. The van der Waals surface area contributed by atoms with Gasteiger partial charge in [-0.1, -0.05) is 6.07 Å². The summed E-state index contributed by atoms with van der Waals surface area (Å²) < 4.78 is 5.81. The average molecular weight is 232 g/mol. The number of benzene rings is 1. The van der Waals surface area contributed by atoms with E-state index in [9.17, 15) is 0 Å². The molecule has 17 heavy (non-hydrogen) atoms. The Morgan fingerprint density at radius 3 is 2.65 bits per heavy atom. The molecule has 1 N–H and O–H groups in total. The van der Waals surface area contributed by atoms with E-state index in [2.05, 4.69) is 43.2 Å². The molecule has 0 unspecified atom stereocenters. The standard InChI is InChI=1S/C14H20N2O/c1-10-8-12(3)13(9-11(10)2)17-7-4-14-15-5-6-16-14/h8-9H,4-7H2,1-3H3,(H,15,16). The second-order valence-electron chi connectivity index (χ2n) is 4.56. The van der Waals surface area contributed by atoms with Crippen molar-refractivity contribution in [3.63, 3.8) is 0 Å². The van der Waals surface area contributed by atoms with Crippen molar-refractivity contribution in [2.24, 2.45) is 4.99 Å². The second-order valence-corrected chi connectivity index (χ2v) is 4.56. The van der Waals surface area contributed by atoms with Crippen molar-refractivity contribution in [1.82, 2.24) is 5.32 Å². The molecule has 0 radical (unpaired) electrons. The fourth-order valence-corrected chi connectivity index (χ4v) is 1.96. The van der Waals surface area contributed by atoms with Crippen molar-refractivity contribution in [3.8, 4) is 5.75 Å². The van der Waals surface area contributed by atoms with Gasteiger partial charge in [-0.05, 0) is 43.5 Å². The SMILES string of the molecule is Cc1cc(C)c(OCCC2=NCCN2)cc1C. The summed E-state index contributed by atoms with van der Waals surface area (Å²) in [5.74, 6) is 2.07. The van der Waals surface area contributed by atoms with Gasteiger partial charge < -0.3 is 10.1 Å². The summed E-state index contributed by atoms with van der Waals surface area (Å²) in [4.78, 5) is 4.35. The van der Waals surface area contributed by atoms with Gasteiger partial charge in [0.1, 0.15) is 5.75 Å². The number of aliphatic imine (C=N–C) groups is 1. The molecule has 0 amide bonds. The lowest BCUT2D eigenvalue weighted by molar-refractivity contribution is 0.326. The van der Waals surface area contributed by atoms with E-state index in [0.717, 1.165) is 31.1 Å². The Balaban J connectivity index is 1.92. The highest BCUT2D eigenvalue weighted by atomic mass is 16.5. The maximum atomic E-state index is 5.81. The minimum Gasteiger partial charge on any atom is -0.493 e. The first-order valence-corrected chi connectivity index (χ1v) is 6.14. The van der Waals surface area contributed by atoms with Gasteiger partial charge >= 0.3 is 0 Å². The molecule has 1 aromatic carbocycles. The number of hydrogen-bond donors (Lipinski definition) is 1. The Kier molecular flexibility index (Phi) is 3.67. The molecule has 0 saturated carbocycles. The molecule has 0 saturated heterocycles. The highest BCUT2D eigenvalue weighted by Gasteiger charge is 2.06. The third kappa shape index (κ3) is 2.99. The van der Waals surface area contributed by atoms with Gasteiger partial charge in [0.05, 0.1) is 19.0 Å². The third-order valence-electron chi connectivity index (χ3n) is 3.13. The Morgan fingerprint density at radius 1 is 1.18 bits per heavy atom. The van der Waals surface area contributed by atoms with Crippen LogP contribution < -0.4 is 10.1 Å². The zero-order chi connectivity index (χ0) is 12.3. The summed E-state index contributed by atoms with van der Waals surface area (Å²) >= 11 is 0. The van der Waals surface area contributed by atoms with Crippen molar-refractivity contribution in [2.75, 3.05) is 19.7 Å². The molecule has 0 atom stereocenters. The van der Waals surface area contributed by atoms with Crippen LogP contribution in [0.5, 0.6) is 5.75 Å². The van der Waals surface area contributed by atoms with Gasteiger partial charge in [-0.15, -0.1) is 0 Å². The number of rotatable bonds is 4. The van der Waals surface area contributed by atoms with Gasteiger partial charge in [-0.25, -0.2) is 0 Å². The number of nitrogens with one attached hydrogen (secondary N) is 1. The first-order valence-electron chi connectivity index (χ1n) is 6.14. The third-order valence-corrected chi connectivity index (χ3v) is 3.13. The lowest BCUT2D eigenvalue weighted by atomic mass is 10.1. The molecular weight excluding hydrogens is 212 g/mol. The fourth-order valence-electron chi connectivity index (χ4n) is 1.96. The molecule has 1 aromatic rings. The van der Waals surface area contributed by atoms with Gasteiger partial charge in [-0.3, -0.25) is 4.99 Å². The Hall–Kier alpha value is -1.51. The second kappa shape index (κ2) is 5.21. The van der Waals surface area contributed by atoms with Crippen LogP contribution >= 0.6 is 0 Å². The highest BCUT2D eigenvalue weighted by Crippen LogP contribution is 2.22. The molecule has 1 aliphatic rings. The predicted molar refractivity (Wildman–Crippen MR) is 71.1 cm³/mol. The van der Waals surface area contributed by atoms with Gasteiger partial charge in [0.25, 0.3) is 0 Å². The van der Waals surface area contributed by atoms with Crippen LogP contribution in [-0.4, -0.2) is 25.5 Å². The van der Waals surface area contributed by atoms with Crippen LogP contribution in [0.1, 0.15) is 23.1 Å². The van der Waals surface area contributed by atoms with Crippen LogP contribution in [0.3, 0.4) is 0 Å². The topological polar surface area (TPSA) is 33.6 Å². The molecule has 0 aromatic heterocycles. The van der Waals surface area contributed by atoms with Crippen molar-refractivity contribution >= 4 is 5.84 Å². The number of aryl methyl sites for hydroxylation is 3. The molecule has 1 aliphatic heterocycles. The molecule has 0 fully saturated rings. The molecule has 3 heteroatoms. The van der Waals surface area contributed by atoms with Crippen LogP contribution in [-0.2, 0) is 0 Å². The first kappa shape index (κ1) is 12.0. The van der Waals surface area contributed by atoms with Crippen LogP contribution in [0.25, 0.3) is 0 Å². The minimum atomic E-state index is 0.690. The van der Waals surface area contributed by atoms with Crippen LogP contribution in [0, 0.1) is 20.8 Å². The van der Waals surface area contributed by atoms with Crippen molar-refractivity contribution in [1.29, 1.82) is 0 Å². The summed E-state index contributed by atoms with van der Waals surface area (Å²) in [5.41, 5.74) is 3.80. The van der Waals surface area contributed by atoms with Crippen LogP contribution in [0.15, 0.2) is 17.1 Å². The number of hydrogen-bond acceptors (Lipinski definition) is 3. The van der Waals surface area contributed by atoms with Crippen LogP contribution in [0.4, 0.5) is 0 Å². The predicted octanol–water partition coefficient (Wildman–Crippen LogP) is 2.38. The molecule has 0 aliphatic carbocycles. The van der Waals surface area contributed by atoms with E-state index in [0.29, 0.717) is 6.61 Å². The Labute approximate surface area is 103 Å². The largest absolute Gasteiger partial charge is 0.493 e. The molecular formula is C14H20N2O. The zero-order valence-electron chi connectivity index (χ0n) is 10.8. The van der Waals surface area contributed by atoms with Gasteiger partial charge in [0.2, 0.25) is 0 Å². The number of amidine groups is 1. The summed E-state index contributed by atoms with van der Waals surface area (Å²) in [6, 6.07) is 4.30. The Morgan fingerprint density at radius 2 is 1.94 bits per heavy atom. The normalized spacial score (nSPS) is 14.4. The Bertz CT molecular complexity index is 438. The molecule has 92 valence electrons. The minimum absolute atomic E-state index is 0.690. The summed E-state index contributed by atoms with van der Waals surface area (Å²) in [6.45, 7) is 8.89. The van der Waals surface area contributed by atoms with Crippen molar-refractivity contribution in [2.45, 2.75) is 27.2 Å². The van der Waals surface area contributed by atoms with E-state index < -0.39 is 0 Å². The molecule has 0 bridgehead atoms. The zero-order valence-corrected chi connectivity index (χ0v) is 10.8. The van der Waals surface area contributed by atoms with E-state index >= 15 is 0 Å². The fraction of sp³-hybridized carbons (Fsp3) is 0.500. The average Bonchev–Trinajstić information content (AvgIpc) is 2.78. The molecule has 3 nitrogen and oxygen atoms in total. The lowest BCUT2D eigenvalue weighted by Crippen LogP contribution is -2.20. The summed E-state index contributed by atoms with van der Waals surface area (Å²) in [7, 11) is 0. The van der Waals surface area contributed by atoms with Gasteiger partial charge in [-0.2, -0.15) is 0 Å². The maximum Gasteiger partial charge on any atom is 0.122 e. The van der Waals surface area contributed by atoms with Crippen LogP contribution in [0.2, 0.25) is 0 Å². The monoisotopic (exact) mass is 232 g/mol. The highest BCUT2D eigenvalue weighted by molar-refractivity contribution is 5.83. The summed E-state index contributed by atoms with van der Waals surface area (Å²) in [5, 5.41) is 3.25. The van der Waals surface area contributed by atoms with E-state index in [1.54, 1.807) is 0 Å². The van der Waals surface area contributed by atoms with Crippen molar-refractivity contribution < 1.29 is 4.74 Å². The maximum absolute atomic E-state index is 5.81. The van der Waals surface area contributed by atoms with Gasteiger partial charge in [0.15, 0.2) is 0 Å². The molecule has 0 spiro atoms. The number of ether oxygens (including phenoxy) is 1. The van der Waals surface area contributed by atoms with E-state index in [1.165, 1.54) is 16.7 Å². The van der Waals surface area contributed by atoms with Gasteiger partial charge in [0, 0.05) is 13.0 Å². The van der Waals surface area contributed by atoms with Crippen molar-refractivity contribution in [3.05, 3.63) is 28.8 Å².